The molecule has 9 nitrogen and oxygen atoms in total. The number of anilines is 1. The fraction of sp³-hybridized carbons (Fsp3) is 0.529. The van der Waals surface area contributed by atoms with E-state index in [1.54, 1.807) is 20.8 Å². The molecule has 0 radical (unpaired) electrons. The molecule has 0 saturated heterocycles. The Labute approximate surface area is 256 Å². The summed E-state index contributed by atoms with van der Waals surface area (Å²) in [6, 6.07) is 12.9. The van der Waals surface area contributed by atoms with Gasteiger partial charge in [-0.3, -0.25) is 14.4 Å². The molecular formula is C34H50N4O5. The second-order valence-corrected chi connectivity index (χ2v) is 12.1. The van der Waals surface area contributed by atoms with E-state index in [4.69, 9.17) is 10.5 Å². The standard InChI is InChI=1S/C34H50N4O5/c1-7-8-9-10-11-14-22-38(32(41)28(20-21-29(35)39)37-33(42)43-34(4,5)6)30(26-18-15-16-24(2)23-26)31(40)36-27-19-13-12-17-25(27)3/h12-13,15-19,23,28,30H,7-11,14,20-22H2,1-6H3,(H2,35,39)(H,36,40)(H,37,42). The summed E-state index contributed by atoms with van der Waals surface area (Å²) in [5, 5.41) is 5.68. The number of nitrogens with two attached hydrogens (primary N) is 1. The minimum atomic E-state index is -1.12. The van der Waals surface area contributed by atoms with Crippen molar-refractivity contribution in [3.63, 3.8) is 0 Å². The summed E-state index contributed by atoms with van der Waals surface area (Å²) in [5.41, 5.74) is 7.76. The maximum Gasteiger partial charge on any atom is 0.408 e. The lowest BCUT2D eigenvalue weighted by molar-refractivity contribution is -0.141. The zero-order valence-corrected chi connectivity index (χ0v) is 26.7. The van der Waals surface area contributed by atoms with Gasteiger partial charge in [0.25, 0.3) is 5.91 Å². The number of hydrogen-bond donors (Lipinski definition) is 3. The number of benzene rings is 2. The molecule has 0 aliphatic rings. The van der Waals surface area contributed by atoms with Crippen LogP contribution >= 0.6 is 0 Å². The van der Waals surface area contributed by atoms with Crippen LogP contribution in [-0.2, 0) is 19.1 Å². The quantitative estimate of drug-likeness (QED) is 0.196. The predicted octanol–water partition coefficient (Wildman–Crippen LogP) is 6.33. The van der Waals surface area contributed by atoms with Crippen molar-refractivity contribution in [3.8, 4) is 0 Å². The molecule has 0 bridgehead atoms. The summed E-state index contributed by atoms with van der Waals surface area (Å²) in [6.07, 6.45) is 5.00. The predicted molar refractivity (Wildman–Crippen MR) is 170 cm³/mol. The SMILES string of the molecule is CCCCCCCCN(C(=O)C(CCC(N)=O)NC(=O)OC(C)(C)C)C(C(=O)Nc1ccccc1C)c1cccc(C)c1. The summed E-state index contributed by atoms with van der Waals surface area (Å²) in [4.78, 5) is 54.5. The molecule has 2 aromatic rings. The average Bonchev–Trinajstić information content (AvgIpc) is 2.92. The highest BCUT2D eigenvalue weighted by Crippen LogP contribution is 2.27. The molecular weight excluding hydrogens is 544 g/mol. The average molecular weight is 595 g/mol. The number of nitrogens with one attached hydrogen (secondary N) is 2. The summed E-state index contributed by atoms with van der Waals surface area (Å²) < 4.78 is 5.43. The number of aryl methyl sites for hydroxylation is 2. The van der Waals surface area contributed by atoms with Crippen molar-refractivity contribution >= 4 is 29.5 Å². The van der Waals surface area contributed by atoms with Crippen molar-refractivity contribution in [2.45, 2.75) is 111 Å². The van der Waals surface area contributed by atoms with Crippen molar-refractivity contribution in [3.05, 3.63) is 65.2 Å². The number of para-hydroxylation sites is 1. The Morgan fingerprint density at radius 2 is 1.60 bits per heavy atom. The van der Waals surface area contributed by atoms with Crippen LogP contribution in [0.15, 0.2) is 48.5 Å². The Morgan fingerprint density at radius 1 is 0.930 bits per heavy atom. The van der Waals surface area contributed by atoms with Gasteiger partial charge in [0.05, 0.1) is 0 Å². The number of carbonyl (C=O) groups excluding carboxylic acids is 4. The number of hydrogen-bond acceptors (Lipinski definition) is 5. The third kappa shape index (κ3) is 12.5. The molecule has 0 heterocycles. The molecule has 2 rings (SSSR count). The smallest absolute Gasteiger partial charge is 0.408 e. The topological polar surface area (TPSA) is 131 Å². The van der Waals surface area contributed by atoms with Gasteiger partial charge < -0.3 is 26.0 Å². The molecule has 0 fully saturated rings. The molecule has 0 aliphatic heterocycles. The first-order chi connectivity index (χ1) is 20.3. The van der Waals surface area contributed by atoms with Gasteiger partial charge in [-0.15, -0.1) is 0 Å². The Bertz CT molecular complexity index is 1220. The molecule has 4 N–H and O–H groups in total. The van der Waals surface area contributed by atoms with Crippen molar-refractivity contribution < 1.29 is 23.9 Å². The van der Waals surface area contributed by atoms with E-state index >= 15 is 0 Å². The van der Waals surface area contributed by atoms with E-state index in [-0.39, 0.29) is 25.3 Å². The molecule has 0 aliphatic carbocycles. The van der Waals surface area contributed by atoms with Crippen LogP contribution in [0.3, 0.4) is 0 Å². The Balaban J connectivity index is 2.53. The van der Waals surface area contributed by atoms with Gasteiger partial charge in [-0.05, 0) is 64.7 Å². The van der Waals surface area contributed by atoms with E-state index in [1.807, 2.05) is 62.4 Å². The van der Waals surface area contributed by atoms with Gasteiger partial charge in [0.2, 0.25) is 11.8 Å². The normalized spacial score (nSPS) is 12.6. The molecule has 236 valence electrons. The summed E-state index contributed by atoms with van der Waals surface area (Å²) >= 11 is 0. The van der Waals surface area contributed by atoms with Crippen LogP contribution in [0.25, 0.3) is 0 Å². The molecule has 0 saturated carbocycles. The largest absolute Gasteiger partial charge is 0.444 e. The van der Waals surface area contributed by atoms with Gasteiger partial charge in [0, 0.05) is 18.7 Å². The fourth-order valence-electron chi connectivity index (χ4n) is 4.85. The van der Waals surface area contributed by atoms with Crippen LogP contribution in [0.2, 0.25) is 0 Å². The number of rotatable bonds is 16. The third-order valence-electron chi connectivity index (χ3n) is 7.02. The lowest BCUT2D eigenvalue weighted by Crippen LogP contribution is -2.52. The van der Waals surface area contributed by atoms with E-state index in [0.29, 0.717) is 17.7 Å². The van der Waals surface area contributed by atoms with Crippen LogP contribution in [0, 0.1) is 13.8 Å². The number of carbonyl (C=O) groups is 4. The number of unbranched alkanes of at least 4 members (excludes halogenated alkanes) is 5. The summed E-state index contributed by atoms with van der Waals surface area (Å²) in [7, 11) is 0. The van der Waals surface area contributed by atoms with E-state index in [0.717, 1.165) is 43.2 Å². The lowest BCUT2D eigenvalue weighted by Gasteiger charge is -2.35. The summed E-state index contributed by atoms with van der Waals surface area (Å²) in [5.74, 6) is -1.45. The van der Waals surface area contributed by atoms with E-state index in [9.17, 15) is 19.2 Å². The zero-order valence-electron chi connectivity index (χ0n) is 26.7. The van der Waals surface area contributed by atoms with Gasteiger partial charge in [0.15, 0.2) is 0 Å². The van der Waals surface area contributed by atoms with Gasteiger partial charge in [-0.1, -0.05) is 87.1 Å². The van der Waals surface area contributed by atoms with E-state index in [2.05, 4.69) is 17.6 Å². The monoisotopic (exact) mass is 594 g/mol. The maximum absolute atomic E-state index is 14.4. The van der Waals surface area contributed by atoms with Gasteiger partial charge in [-0.25, -0.2) is 4.79 Å². The Hall–Kier alpha value is -3.88. The molecule has 2 aromatic carbocycles. The first-order valence-corrected chi connectivity index (χ1v) is 15.3. The highest BCUT2D eigenvalue weighted by atomic mass is 16.6. The Kier molecular flexibility index (Phi) is 14.2. The Morgan fingerprint density at radius 3 is 2.23 bits per heavy atom. The van der Waals surface area contributed by atoms with Crippen molar-refractivity contribution in [2.75, 3.05) is 11.9 Å². The molecule has 43 heavy (non-hydrogen) atoms. The highest BCUT2D eigenvalue weighted by molar-refractivity contribution is 5.99. The van der Waals surface area contributed by atoms with Crippen molar-refractivity contribution in [1.82, 2.24) is 10.2 Å². The molecule has 2 unspecified atom stereocenters. The molecule has 4 amide bonds. The van der Waals surface area contributed by atoms with Crippen LogP contribution in [0.4, 0.5) is 10.5 Å². The van der Waals surface area contributed by atoms with Gasteiger partial charge in [0.1, 0.15) is 17.7 Å². The van der Waals surface area contributed by atoms with Crippen molar-refractivity contribution in [1.29, 1.82) is 0 Å². The van der Waals surface area contributed by atoms with Gasteiger partial charge in [-0.2, -0.15) is 0 Å². The lowest BCUT2D eigenvalue weighted by atomic mass is 9.99. The number of ether oxygens (including phenoxy) is 1. The zero-order chi connectivity index (χ0) is 32.0. The maximum atomic E-state index is 14.4. The molecule has 9 heteroatoms. The number of amides is 4. The van der Waals surface area contributed by atoms with E-state index in [1.165, 1.54) is 4.90 Å². The molecule has 0 aromatic heterocycles. The first kappa shape index (κ1) is 35.3. The third-order valence-corrected chi connectivity index (χ3v) is 7.02. The highest BCUT2D eigenvalue weighted by Gasteiger charge is 2.36. The second-order valence-electron chi connectivity index (χ2n) is 12.1. The number of alkyl carbamates (subject to hydrolysis) is 1. The first-order valence-electron chi connectivity index (χ1n) is 15.3. The number of nitrogens with zero attached hydrogens (tertiary/aromatic N) is 1. The number of primary amides is 1. The summed E-state index contributed by atoms with van der Waals surface area (Å²) in [6.45, 7) is 11.4. The fourth-order valence-corrected chi connectivity index (χ4v) is 4.85. The van der Waals surface area contributed by atoms with Crippen LogP contribution in [0.5, 0.6) is 0 Å². The van der Waals surface area contributed by atoms with Crippen molar-refractivity contribution in [2.24, 2.45) is 5.73 Å². The van der Waals surface area contributed by atoms with Crippen LogP contribution in [0.1, 0.15) is 102 Å². The second kappa shape index (κ2) is 17.3. The van der Waals surface area contributed by atoms with Gasteiger partial charge >= 0.3 is 6.09 Å². The molecule has 2 atom stereocenters. The minimum Gasteiger partial charge on any atom is -0.444 e. The minimum absolute atomic E-state index is 0.0274. The van der Waals surface area contributed by atoms with Crippen LogP contribution in [-0.4, -0.2) is 46.9 Å². The van der Waals surface area contributed by atoms with Crippen LogP contribution < -0.4 is 16.4 Å². The molecule has 0 spiro atoms. The van der Waals surface area contributed by atoms with E-state index < -0.39 is 35.6 Å².